The maximum Gasteiger partial charge on any atom is 0.144 e. The van der Waals surface area contributed by atoms with Gasteiger partial charge in [-0.2, -0.15) is 5.26 Å². The second kappa shape index (κ2) is 5.36. The second-order valence-electron chi connectivity index (χ2n) is 5.06. The molecule has 0 aromatic carbocycles. The fourth-order valence-corrected chi connectivity index (χ4v) is 2.06. The molecule has 1 aromatic rings. The van der Waals surface area contributed by atoms with Crippen molar-refractivity contribution in [2.45, 2.75) is 26.2 Å². The van der Waals surface area contributed by atoms with E-state index in [-0.39, 0.29) is 0 Å². The third-order valence-corrected chi connectivity index (χ3v) is 3.58. The normalized spacial score (nSPS) is 16.1. The van der Waals surface area contributed by atoms with Crippen LogP contribution in [0.2, 0.25) is 0 Å². The van der Waals surface area contributed by atoms with E-state index in [1.807, 2.05) is 19.1 Å². The Hall–Kier alpha value is -1.60. The molecule has 1 aromatic heterocycles. The highest BCUT2D eigenvalue weighted by atomic mass is 16.5. The fourth-order valence-electron chi connectivity index (χ4n) is 2.06. The summed E-state index contributed by atoms with van der Waals surface area (Å²) in [5.41, 5.74) is 1.90. The van der Waals surface area contributed by atoms with Gasteiger partial charge in [-0.15, -0.1) is 0 Å². The van der Waals surface area contributed by atoms with Gasteiger partial charge in [0.15, 0.2) is 0 Å². The van der Waals surface area contributed by atoms with Crippen LogP contribution in [0.15, 0.2) is 12.1 Å². The number of rotatable bonds is 6. The van der Waals surface area contributed by atoms with E-state index in [1.165, 1.54) is 12.8 Å². The first-order chi connectivity index (χ1) is 8.69. The molecule has 0 atom stereocenters. The topological polar surface area (TPSA) is 57.9 Å². The zero-order valence-electron chi connectivity index (χ0n) is 11.0. The number of nitrogens with one attached hydrogen (secondary N) is 1. The molecule has 0 unspecified atom stereocenters. The van der Waals surface area contributed by atoms with Gasteiger partial charge in [-0.1, -0.05) is 0 Å². The minimum Gasteiger partial charge on any atom is -0.385 e. The average Bonchev–Trinajstić information content (AvgIpc) is 3.15. The van der Waals surface area contributed by atoms with E-state index >= 15 is 0 Å². The van der Waals surface area contributed by atoms with Crippen molar-refractivity contribution in [3.8, 4) is 6.07 Å². The Balaban J connectivity index is 1.98. The van der Waals surface area contributed by atoms with Crippen molar-refractivity contribution < 1.29 is 4.74 Å². The molecule has 1 N–H and O–H groups in total. The Morgan fingerprint density at radius 3 is 2.89 bits per heavy atom. The molecule has 0 saturated heterocycles. The molecule has 18 heavy (non-hydrogen) atoms. The summed E-state index contributed by atoms with van der Waals surface area (Å²) in [7, 11) is 1.74. The molecule has 0 aliphatic heterocycles. The predicted molar refractivity (Wildman–Crippen MR) is 70.3 cm³/mol. The number of hydrogen-bond acceptors (Lipinski definition) is 4. The van der Waals surface area contributed by atoms with E-state index < -0.39 is 0 Å². The first-order valence-corrected chi connectivity index (χ1v) is 6.30. The molecule has 1 aliphatic rings. The average molecular weight is 245 g/mol. The van der Waals surface area contributed by atoms with Crippen molar-refractivity contribution >= 4 is 5.82 Å². The van der Waals surface area contributed by atoms with Crippen molar-refractivity contribution in [1.29, 1.82) is 5.26 Å². The third kappa shape index (κ3) is 2.99. The van der Waals surface area contributed by atoms with E-state index in [4.69, 9.17) is 10.00 Å². The van der Waals surface area contributed by atoms with Gasteiger partial charge in [-0.3, -0.25) is 0 Å². The molecule has 1 heterocycles. The van der Waals surface area contributed by atoms with Gasteiger partial charge in [0.05, 0.1) is 5.56 Å². The second-order valence-corrected chi connectivity index (χ2v) is 5.06. The van der Waals surface area contributed by atoms with Crippen LogP contribution in [-0.4, -0.2) is 25.2 Å². The molecule has 0 bridgehead atoms. The van der Waals surface area contributed by atoms with Gasteiger partial charge in [-0.05, 0) is 43.7 Å². The number of pyridine rings is 1. The summed E-state index contributed by atoms with van der Waals surface area (Å²) in [5, 5.41) is 12.4. The Labute approximate surface area is 108 Å². The van der Waals surface area contributed by atoms with E-state index in [0.29, 0.717) is 16.8 Å². The number of hydrogen-bond donors (Lipinski definition) is 1. The lowest BCUT2D eigenvalue weighted by atomic mass is 10.0. The summed E-state index contributed by atoms with van der Waals surface area (Å²) in [6, 6.07) is 5.85. The molecule has 1 aliphatic carbocycles. The molecule has 0 spiro atoms. The molecular formula is C14H19N3O. The summed E-state index contributed by atoms with van der Waals surface area (Å²) >= 11 is 0. The van der Waals surface area contributed by atoms with Crippen molar-refractivity contribution in [2.75, 3.05) is 25.6 Å². The van der Waals surface area contributed by atoms with Crippen molar-refractivity contribution in [3.63, 3.8) is 0 Å². The van der Waals surface area contributed by atoms with Gasteiger partial charge in [0.1, 0.15) is 11.9 Å². The van der Waals surface area contributed by atoms with Gasteiger partial charge in [-0.25, -0.2) is 4.98 Å². The Morgan fingerprint density at radius 1 is 1.50 bits per heavy atom. The Bertz CT molecular complexity index is 461. The van der Waals surface area contributed by atoms with E-state index in [2.05, 4.69) is 16.4 Å². The summed E-state index contributed by atoms with van der Waals surface area (Å²) < 4.78 is 5.14. The number of methoxy groups -OCH3 is 1. The summed E-state index contributed by atoms with van der Waals surface area (Å²) in [4.78, 5) is 4.39. The zero-order chi connectivity index (χ0) is 13.0. The minimum absolute atomic E-state index is 0.355. The van der Waals surface area contributed by atoms with Gasteiger partial charge in [0.25, 0.3) is 0 Å². The molecule has 2 rings (SSSR count). The van der Waals surface area contributed by atoms with Crippen LogP contribution in [0.1, 0.15) is 30.5 Å². The van der Waals surface area contributed by atoms with Crippen molar-refractivity contribution in [2.24, 2.45) is 5.41 Å². The third-order valence-electron chi connectivity index (χ3n) is 3.58. The molecule has 4 heteroatoms. The number of nitriles is 1. The smallest absolute Gasteiger partial charge is 0.144 e. The maximum absolute atomic E-state index is 9.05. The first-order valence-electron chi connectivity index (χ1n) is 6.30. The lowest BCUT2D eigenvalue weighted by molar-refractivity contribution is 0.175. The van der Waals surface area contributed by atoms with Crippen LogP contribution >= 0.6 is 0 Å². The zero-order valence-corrected chi connectivity index (χ0v) is 11.0. The quantitative estimate of drug-likeness (QED) is 0.836. The number of nitrogens with zero attached hydrogens (tertiary/aromatic N) is 2. The van der Waals surface area contributed by atoms with Crippen LogP contribution < -0.4 is 5.32 Å². The number of aryl methyl sites for hydroxylation is 1. The highest BCUT2D eigenvalue weighted by Crippen LogP contribution is 2.48. The molecule has 0 radical (unpaired) electrons. The molecule has 0 amide bonds. The fraction of sp³-hybridized carbons (Fsp3) is 0.571. The van der Waals surface area contributed by atoms with Crippen molar-refractivity contribution in [1.82, 2.24) is 4.98 Å². The van der Waals surface area contributed by atoms with E-state index in [0.717, 1.165) is 25.3 Å². The lowest BCUT2D eigenvalue weighted by Crippen LogP contribution is -2.18. The van der Waals surface area contributed by atoms with Crippen LogP contribution in [0, 0.1) is 23.7 Å². The van der Waals surface area contributed by atoms with Crippen LogP contribution in [0.5, 0.6) is 0 Å². The molecule has 1 saturated carbocycles. The van der Waals surface area contributed by atoms with Gasteiger partial charge < -0.3 is 10.1 Å². The highest BCUT2D eigenvalue weighted by Gasteiger charge is 2.41. The monoisotopic (exact) mass is 245 g/mol. The molecule has 4 nitrogen and oxygen atoms in total. The molecule has 96 valence electrons. The lowest BCUT2D eigenvalue weighted by Gasteiger charge is -2.16. The van der Waals surface area contributed by atoms with Crippen LogP contribution in [0.25, 0.3) is 0 Å². The summed E-state index contributed by atoms with van der Waals surface area (Å²) in [5.74, 6) is 0.709. The molecular weight excluding hydrogens is 226 g/mol. The summed E-state index contributed by atoms with van der Waals surface area (Å²) in [6.45, 7) is 3.61. The summed E-state index contributed by atoms with van der Waals surface area (Å²) in [6.07, 6.45) is 3.54. The van der Waals surface area contributed by atoms with Gasteiger partial charge >= 0.3 is 0 Å². The van der Waals surface area contributed by atoms with E-state index in [9.17, 15) is 0 Å². The number of anilines is 1. The first kappa shape index (κ1) is 12.8. The molecule has 1 fully saturated rings. The predicted octanol–water partition coefficient (Wildman–Crippen LogP) is 2.49. The van der Waals surface area contributed by atoms with Crippen LogP contribution in [0.3, 0.4) is 0 Å². The van der Waals surface area contributed by atoms with Crippen LogP contribution in [0.4, 0.5) is 5.82 Å². The minimum atomic E-state index is 0.355. The van der Waals surface area contributed by atoms with Gasteiger partial charge in [0.2, 0.25) is 0 Å². The van der Waals surface area contributed by atoms with E-state index in [1.54, 1.807) is 7.11 Å². The SMILES string of the molecule is COCCC1(CNc2nc(C)ccc2C#N)CC1. The highest BCUT2D eigenvalue weighted by molar-refractivity contribution is 5.52. The maximum atomic E-state index is 9.05. The standard InChI is InChI=1S/C14H19N3O/c1-11-3-4-12(9-15)13(17-11)16-10-14(5-6-14)7-8-18-2/h3-4H,5-8,10H2,1-2H3,(H,16,17). The number of ether oxygens (including phenoxy) is 1. The van der Waals surface area contributed by atoms with Gasteiger partial charge in [0, 0.05) is 26.0 Å². The largest absolute Gasteiger partial charge is 0.385 e. The number of aromatic nitrogens is 1. The van der Waals surface area contributed by atoms with Crippen LogP contribution in [-0.2, 0) is 4.74 Å². The Kier molecular flexibility index (Phi) is 3.83. The van der Waals surface area contributed by atoms with Crippen molar-refractivity contribution in [3.05, 3.63) is 23.4 Å². The Morgan fingerprint density at radius 2 is 2.28 bits per heavy atom.